The van der Waals surface area contributed by atoms with Crippen molar-refractivity contribution in [3.05, 3.63) is 19.9 Å². The van der Waals surface area contributed by atoms with Crippen molar-refractivity contribution >= 4 is 58.5 Å². The van der Waals surface area contributed by atoms with Gasteiger partial charge in [-0.3, -0.25) is 0 Å². The van der Waals surface area contributed by atoms with E-state index in [4.69, 9.17) is 23.2 Å². The van der Waals surface area contributed by atoms with Gasteiger partial charge in [0, 0.05) is 9.81 Å². The fraction of sp³-hybridized carbons (Fsp3) is 0.500. The first-order valence-electron chi connectivity index (χ1n) is 3.57. The molecule has 0 heterocycles. The molecule has 0 N–H and O–H groups in total. The second-order valence-corrected chi connectivity index (χ2v) is 5.77. The molecule has 0 saturated heterocycles. The van der Waals surface area contributed by atoms with Gasteiger partial charge in [0.15, 0.2) is 0 Å². The zero-order valence-electron chi connectivity index (χ0n) is 7.56. The highest BCUT2D eigenvalue weighted by Crippen LogP contribution is 2.49. The molecule has 0 spiro atoms. The van der Waals surface area contributed by atoms with Crippen LogP contribution in [-0.4, -0.2) is 24.0 Å². The van der Waals surface area contributed by atoms with E-state index in [1.54, 1.807) is 35.3 Å². The van der Waals surface area contributed by atoms with Crippen LogP contribution in [-0.2, 0) is 0 Å². The second kappa shape index (κ2) is 5.26. The van der Waals surface area contributed by atoms with E-state index in [0.717, 1.165) is 19.9 Å². The zero-order chi connectivity index (χ0) is 10.0. The highest BCUT2D eigenvalue weighted by atomic mass is 35.5. The summed E-state index contributed by atoms with van der Waals surface area (Å²) in [4.78, 5) is 2.28. The molecule has 13 heavy (non-hydrogen) atoms. The molecule has 0 bridgehead atoms. The first-order valence-corrected chi connectivity index (χ1v) is 8.07. The Balaban J connectivity index is 3.08. The minimum Gasteiger partial charge on any atom is -0.150 e. The number of hydrogen-bond acceptors (Lipinski definition) is 3. The molecule has 74 valence electrons. The third-order valence-electron chi connectivity index (χ3n) is 1.74. The van der Waals surface area contributed by atoms with Crippen molar-refractivity contribution in [2.24, 2.45) is 0 Å². The number of hydrogen-bond donors (Lipinski definition) is 0. The molecule has 0 nitrogen and oxygen atoms in total. The fourth-order valence-corrected chi connectivity index (χ4v) is 5.24. The van der Waals surface area contributed by atoms with E-state index < -0.39 is 0 Å². The van der Waals surface area contributed by atoms with Crippen molar-refractivity contribution in [3.63, 3.8) is 0 Å². The maximum atomic E-state index is 6.21. The summed E-state index contributed by atoms with van der Waals surface area (Å²) in [7, 11) is 0. The first kappa shape index (κ1) is 12.2. The number of thioether (sulfide) groups is 3. The Morgan fingerprint density at radius 1 is 0.923 bits per heavy atom. The molecular weight excluding hydrogens is 263 g/mol. The van der Waals surface area contributed by atoms with Gasteiger partial charge in [0.1, 0.15) is 0 Å². The van der Waals surface area contributed by atoms with E-state index >= 15 is 0 Å². The van der Waals surface area contributed by atoms with Gasteiger partial charge < -0.3 is 0 Å². The van der Waals surface area contributed by atoms with Crippen molar-refractivity contribution in [1.29, 1.82) is 0 Å². The van der Waals surface area contributed by atoms with E-state index in [9.17, 15) is 0 Å². The van der Waals surface area contributed by atoms with Crippen molar-refractivity contribution in [2.45, 2.75) is 5.25 Å². The summed E-state index contributed by atoms with van der Waals surface area (Å²) in [6.07, 6.45) is 6.08. The molecule has 0 aromatic rings. The van der Waals surface area contributed by atoms with Gasteiger partial charge in [0.2, 0.25) is 0 Å². The maximum Gasteiger partial charge on any atom is 0.0781 e. The van der Waals surface area contributed by atoms with Crippen LogP contribution in [0.3, 0.4) is 0 Å². The molecule has 5 heteroatoms. The summed E-state index contributed by atoms with van der Waals surface area (Å²) in [5, 5.41) is 1.93. The van der Waals surface area contributed by atoms with Gasteiger partial charge in [0.25, 0.3) is 0 Å². The normalized spacial score (nSPS) is 19.2. The Labute approximate surface area is 102 Å². The molecule has 0 fully saturated rings. The SMILES string of the molecule is CSC1=C(Cl)C(SC)C(Cl)=C1SC. The Hall–Kier alpha value is 1.11. The van der Waals surface area contributed by atoms with Crippen LogP contribution in [0.25, 0.3) is 0 Å². The molecule has 1 aliphatic carbocycles. The lowest BCUT2D eigenvalue weighted by atomic mass is 10.5. The zero-order valence-corrected chi connectivity index (χ0v) is 11.5. The maximum absolute atomic E-state index is 6.21. The van der Waals surface area contributed by atoms with Crippen molar-refractivity contribution in [3.8, 4) is 0 Å². The van der Waals surface area contributed by atoms with Crippen LogP contribution in [0.15, 0.2) is 19.9 Å². The monoisotopic (exact) mass is 272 g/mol. The van der Waals surface area contributed by atoms with Gasteiger partial charge in [0.05, 0.1) is 15.3 Å². The van der Waals surface area contributed by atoms with Crippen molar-refractivity contribution in [2.75, 3.05) is 18.8 Å². The summed E-state index contributed by atoms with van der Waals surface area (Å²) < 4.78 is 0. The largest absolute Gasteiger partial charge is 0.150 e. The predicted molar refractivity (Wildman–Crippen MR) is 70.1 cm³/mol. The van der Waals surface area contributed by atoms with E-state index in [1.807, 2.05) is 18.8 Å². The topological polar surface area (TPSA) is 0 Å². The van der Waals surface area contributed by atoms with Gasteiger partial charge in [-0.05, 0) is 18.8 Å². The third-order valence-corrected chi connectivity index (χ3v) is 5.78. The van der Waals surface area contributed by atoms with Crippen LogP contribution in [0.4, 0.5) is 0 Å². The summed E-state index contributed by atoms with van der Waals surface area (Å²) >= 11 is 17.4. The molecule has 0 aromatic heterocycles. The van der Waals surface area contributed by atoms with Crippen LogP contribution >= 0.6 is 58.5 Å². The summed E-state index contributed by atoms with van der Waals surface area (Å²) in [5.74, 6) is 0. The molecule has 0 radical (unpaired) electrons. The summed E-state index contributed by atoms with van der Waals surface area (Å²) in [5.41, 5.74) is 0. The molecule has 0 unspecified atom stereocenters. The quantitative estimate of drug-likeness (QED) is 0.750. The van der Waals surface area contributed by atoms with E-state index in [-0.39, 0.29) is 5.25 Å². The molecule has 0 saturated carbocycles. The minimum absolute atomic E-state index is 0.160. The molecule has 0 atom stereocenters. The number of halogens is 2. The van der Waals surface area contributed by atoms with Crippen molar-refractivity contribution in [1.82, 2.24) is 0 Å². The Kier molecular flexibility index (Phi) is 4.93. The van der Waals surface area contributed by atoms with Gasteiger partial charge >= 0.3 is 0 Å². The van der Waals surface area contributed by atoms with Crippen LogP contribution in [0.1, 0.15) is 0 Å². The summed E-state index contributed by atoms with van der Waals surface area (Å²) in [6.45, 7) is 0. The van der Waals surface area contributed by atoms with Gasteiger partial charge in [-0.1, -0.05) is 23.2 Å². The van der Waals surface area contributed by atoms with Crippen LogP contribution in [0, 0.1) is 0 Å². The van der Waals surface area contributed by atoms with E-state index in [0.29, 0.717) is 0 Å². The average molecular weight is 273 g/mol. The lowest BCUT2D eigenvalue weighted by Crippen LogP contribution is -1.97. The Bertz CT molecular complexity index is 245. The second-order valence-electron chi connectivity index (χ2n) is 2.38. The molecule has 0 aliphatic heterocycles. The first-order chi connectivity index (χ1) is 6.17. The number of rotatable bonds is 3. The van der Waals surface area contributed by atoms with Crippen LogP contribution < -0.4 is 0 Å². The Morgan fingerprint density at radius 3 is 1.54 bits per heavy atom. The highest BCUT2D eigenvalue weighted by molar-refractivity contribution is 8.08. The predicted octanol–water partition coefficient (Wildman–Crippen LogP) is 4.36. The van der Waals surface area contributed by atoms with Crippen molar-refractivity contribution < 1.29 is 0 Å². The molecular formula is C8H10Cl2S3. The molecule has 0 aromatic carbocycles. The lowest BCUT2D eigenvalue weighted by Gasteiger charge is -2.06. The Morgan fingerprint density at radius 2 is 1.31 bits per heavy atom. The van der Waals surface area contributed by atoms with E-state index in [1.165, 1.54) is 0 Å². The van der Waals surface area contributed by atoms with Crippen LogP contribution in [0.5, 0.6) is 0 Å². The van der Waals surface area contributed by atoms with Gasteiger partial charge in [-0.25, -0.2) is 0 Å². The highest BCUT2D eigenvalue weighted by Gasteiger charge is 2.30. The molecule has 1 rings (SSSR count). The fourth-order valence-electron chi connectivity index (χ4n) is 1.15. The smallest absolute Gasteiger partial charge is 0.0781 e. The summed E-state index contributed by atoms with van der Waals surface area (Å²) in [6, 6.07) is 0. The third kappa shape index (κ3) is 2.20. The van der Waals surface area contributed by atoms with E-state index in [2.05, 4.69) is 0 Å². The van der Waals surface area contributed by atoms with Gasteiger partial charge in [-0.15, -0.1) is 23.5 Å². The molecule has 0 amide bonds. The standard InChI is InChI=1S/C8H10Cl2S3/c1-11-6-4(9)7(12-2)8(13-3)5(6)10/h6H,1-3H3. The van der Waals surface area contributed by atoms with Gasteiger partial charge in [-0.2, -0.15) is 11.8 Å². The average Bonchev–Trinajstić information content (AvgIpc) is 2.36. The molecule has 1 aliphatic rings. The minimum atomic E-state index is 0.160. The lowest BCUT2D eigenvalue weighted by molar-refractivity contribution is 1.39. The van der Waals surface area contributed by atoms with Crippen LogP contribution in [0.2, 0.25) is 0 Å².